The van der Waals surface area contributed by atoms with E-state index in [1.54, 1.807) is 13.8 Å². The standard InChI is InChI=1S/C28H32F3N3O4/c1-18(33-38-19(2)24-7-4-12-34(24)20(3)32)22-9-11-25(23(17-22)28(29,30)31)35-13-5-6-21-8-10-26-27(16-21)37-15-14-36-26/h8-11,16-17,24,32H,2,4-7,12-15H2,1,3H3/b32-20?,33-18+/t24-/m0/s1. The van der Waals surface area contributed by atoms with Crippen LogP contribution in [-0.4, -0.2) is 48.9 Å². The Labute approximate surface area is 220 Å². The third-order valence-corrected chi connectivity index (χ3v) is 6.53. The lowest BCUT2D eigenvalue weighted by Gasteiger charge is -2.25. The van der Waals surface area contributed by atoms with Crippen LogP contribution < -0.4 is 14.2 Å². The van der Waals surface area contributed by atoms with E-state index in [0.29, 0.717) is 49.1 Å². The monoisotopic (exact) mass is 531 g/mol. The molecule has 0 aromatic heterocycles. The summed E-state index contributed by atoms with van der Waals surface area (Å²) in [5.74, 6) is 1.92. The van der Waals surface area contributed by atoms with Crippen molar-refractivity contribution in [2.75, 3.05) is 26.4 Å². The van der Waals surface area contributed by atoms with E-state index in [0.717, 1.165) is 31.0 Å². The van der Waals surface area contributed by atoms with E-state index < -0.39 is 11.7 Å². The quantitative estimate of drug-likeness (QED) is 0.137. The summed E-state index contributed by atoms with van der Waals surface area (Å²) in [5.41, 5.74) is 0.663. The van der Waals surface area contributed by atoms with Gasteiger partial charge < -0.3 is 23.9 Å². The molecular weight excluding hydrogens is 499 g/mol. The van der Waals surface area contributed by atoms with Gasteiger partial charge in [0.25, 0.3) is 0 Å². The van der Waals surface area contributed by atoms with E-state index in [-0.39, 0.29) is 29.7 Å². The molecule has 2 aromatic carbocycles. The highest BCUT2D eigenvalue weighted by atomic mass is 19.4. The first-order chi connectivity index (χ1) is 18.1. The summed E-state index contributed by atoms with van der Waals surface area (Å²) in [7, 11) is 0. The van der Waals surface area contributed by atoms with Gasteiger partial charge in [-0.2, -0.15) is 13.2 Å². The normalized spacial score (nSPS) is 17.3. The zero-order valence-corrected chi connectivity index (χ0v) is 21.6. The molecule has 1 N–H and O–H groups in total. The van der Waals surface area contributed by atoms with Crippen molar-refractivity contribution in [1.29, 1.82) is 5.41 Å². The third-order valence-electron chi connectivity index (χ3n) is 6.53. The Kier molecular flexibility index (Phi) is 8.48. The molecule has 2 aliphatic rings. The van der Waals surface area contributed by atoms with Crippen molar-refractivity contribution in [2.24, 2.45) is 5.16 Å². The largest absolute Gasteiger partial charge is 0.493 e. The summed E-state index contributed by atoms with van der Waals surface area (Å²) >= 11 is 0. The number of rotatable bonds is 9. The van der Waals surface area contributed by atoms with Crippen LogP contribution in [0.25, 0.3) is 0 Å². The second-order valence-electron chi connectivity index (χ2n) is 9.31. The predicted molar refractivity (Wildman–Crippen MR) is 138 cm³/mol. The highest BCUT2D eigenvalue weighted by Crippen LogP contribution is 2.37. The van der Waals surface area contributed by atoms with Gasteiger partial charge >= 0.3 is 6.18 Å². The number of ether oxygens (including phenoxy) is 3. The molecule has 4 rings (SSSR count). The number of hydrogen-bond donors (Lipinski definition) is 1. The number of nitrogens with zero attached hydrogens (tertiary/aromatic N) is 2. The topological polar surface area (TPSA) is 76.4 Å². The number of halogens is 3. The number of benzene rings is 2. The number of hydrogen-bond acceptors (Lipinski definition) is 6. The highest BCUT2D eigenvalue weighted by molar-refractivity contribution is 5.98. The molecule has 2 aliphatic heterocycles. The van der Waals surface area contributed by atoms with E-state index in [4.69, 9.17) is 24.5 Å². The average molecular weight is 532 g/mol. The zero-order chi connectivity index (χ0) is 27.3. The van der Waals surface area contributed by atoms with Crippen LogP contribution in [-0.2, 0) is 17.4 Å². The van der Waals surface area contributed by atoms with Crippen LogP contribution >= 0.6 is 0 Å². The van der Waals surface area contributed by atoms with Crippen LogP contribution in [0.2, 0.25) is 0 Å². The number of aryl methyl sites for hydroxylation is 1. The molecule has 2 aromatic rings. The number of likely N-dealkylation sites (tertiary alicyclic amines) is 1. The predicted octanol–water partition coefficient (Wildman–Crippen LogP) is 6.20. The molecule has 7 nitrogen and oxygen atoms in total. The van der Waals surface area contributed by atoms with Gasteiger partial charge in [-0.25, -0.2) is 0 Å². The fourth-order valence-corrected chi connectivity index (χ4v) is 4.55. The van der Waals surface area contributed by atoms with Crippen molar-refractivity contribution < 1.29 is 32.2 Å². The van der Waals surface area contributed by atoms with Crippen molar-refractivity contribution >= 4 is 11.5 Å². The van der Waals surface area contributed by atoms with Crippen LogP contribution in [0.3, 0.4) is 0 Å². The summed E-state index contributed by atoms with van der Waals surface area (Å²) in [6.07, 6.45) is -1.76. The molecule has 10 heteroatoms. The summed E-state index contributed by atoms with van der Waals surface area (Å²) in [5, 5.41) is 11.9. The average Bonchev–Trinajstić information content (AvgIpc) is 3.40. The maximum Gasteiger partial charge on any atom is 0.419 e. The number of amidine groups is 1. The first kappa shape index (κ1) is 27.3. The van der Waals surface area contributed by atoms with Crippen molar-refractivity contribution in [2.45, 2.75) is 51.7 Å². The van der Waals surface area contributed by atoms with E-state index in [1.165, 1.54) is 12.1 Å². The van der Waals surface area contributed by atoms with E-state index in [9.17, 15) is 13.2 Å². The van der Waals surface area contributed by atoms with Crippen molar-refractivity contribution in [3.05, 3.63) is 65.4 Å². The fraction of sp³-hybridized carbons (Fsp3) is 0.429. The Hall–Kier alpha value is -3.69. The molecule has 2 heterocycles. The first-order valence-electron chi connectivity index (χ1n) is 12.6. The minimum atomic E-state index is -4.60. The molecule has 0 bridgehead atoms. The van der Waals surface area contributed by atoms with Gasteiger partial charge in [0, 0.05) is 6.54 Å². The second kappa shape index (κ2) is 11.8. The van der Waals surface area contributed by atoms with Gasteiger partial charge in [0.1, 0.15) is 24.7 Å². The Balaban J connectivity index is 1.37. The lowest BCUT2D eigenvalue weighted by molar-refractivity contribution is -0.139. The van der Waals surface area contributed by atoms with Crippen molar-refractivity contribution in [3.63, 3.8) is 0 Å². The van der Waals surface area contributed by atoms with Crippen LogP contribution in [0.15, 0.2) is 53.9 Å². The van der Waals surface area contributed by atoms with Gasteiger partial charge in [0.05, 0.1) is 29.8 Å². The summed E-state index contributed by atoms with van der Waals surface area (Å²) < 4.78 is 58.2. The zero-order valence-electron chi connectivity index (χ0n) is 21.6. The van der Waals surface area contributed by atoms with Gasteiger partial charge in [0.2, 0.25) is 0 Å². The van der Waals surface area contributed by atoms with Crippen LogP contribution in [0.4, 0.5) is 13.2 Å². The molecule has 0 radical (unpaired) electrons. The molecule has 0 unspecified atom stereocenters. The third kappa shape index (κ3) is 6.59. The smallest absolute Gasteiger partial charge is 0.419 e. The molecule has 0 saturated carbocycles. The van der Waals surface area contributed by atoms with Crippen molar-refractivity contribution in [1.82, 2.24) is 4.90 Å². The Morgan fingerprint density at radius 1 is 1.13 bits per heavy atom. The second-order valence-corrected chi connectivity index (χ2v) is 9.31. The molecule has 204 valence electrons. The molecule has 1 atom stereocenters. The molecule has 0 aliphatic carbocycles. The lowest BCUT2D eigenvalue weighted by Crippen LogP contribution is -2.34. The molecule has 0 spiro atoms. The summed E-state index contributed by atoms with van der Waals surface area (Å²) in [6, 6.07) is 9.33. The van der Waals surface area contributed by atoms with Crippen LogP contribution in [0.1, 0.15) is 49.8 Å². The fourth-order valence-electron chi connectivity index (χ4n) is 4.55. The van der Waals surface area contributed by atoms with Crippen LogP contribution in [0, 0.1) is 5.41 Å². The van der Waals surface area contributed by atoms with E-state index in [2.05, 4.69) is 11.7 Å². The maximum atomic E-state index is 13.8. The van der Waals surface area contributed by atoms with Gasteiger partial charge in [-0.3, -0.25) is 5.41 Å². The van der Waals surface area contributed by atoms with E-state index in [1.807, 2.05) is 23.1 Å². The maximum absolute atomic E-state index is 13.8. The Bertz CT molecular complexity index is 1210. The molecule has 1 fully saturated rings. The lowest BCUT2D eigenvalue weighted by atomic mass is 10.1. The van der Waals surface area contributed by atoms with Gasteiger partial charge in [0.15, 0.2) is 11.5 Å². The van der Waals surface area contributed by atoms with Gasteiger partial charge in [-0.1, -0.05) is 17.8 Å². The minimum Gasteiger partial charge on any atom is -0.493 e. The minimum absolute atomic E-state index is 0.122. The number of fused-ring (bicyclic) bond motifs is 1. The molecular formula is C28H32F3N3O4. The number of nitrogens with one attached hydrogen (secondary N) is 1. The molecule has 0 amide bonds. The van der Waals surface area contributed by atoms with Gasteiger partial charge in [-0.05, 0) is 81.0 Å². The van der Waals surface area contributed by atoms with E-state index >= 15 is 0 Å². The van der Waals surface area contributed by atoms with Crippen molar-refractivity contribution in [3.8, 4) is 17.2 Å². The van der Waals surface area contributed by atoms with Gasteiger partial charge in [-0.15, -0.1) is 0 Å². The molecule has 1 saturated heterocycles. The summed E-state index contributed by atoms with van der Waals surface area (Å²) in [6.45, 7) is 9.04. The first-order valence-corrected chi connectivity index (χ1v) is 12.6. The van der Waals surface area contributed by atoms with Crippen LogP contribution in [0.5, 0.6) is 17.2 Å². The SMILES string of the molecule is C=C(O/N=C(\C)c1ccc(OCCCc2ccc3c(c2)OCCO3)c(C(F)(F)F)c1)[C@@H]1CCCN1C(C)=N. The Morgan fingerprint density at radius 2 is 1.89 bits per heavy atom. The number of alkyl halides is 3. The number of oxime groups is 1. The highest BCUT2D eigenvalue weighted by Gasteiger charge is 2.35. The summed E-state index contributed by atoms with van der Waals surface area (Å²) in [4.78, 5) is 7.33. The molecule has 38 heavy (non-hydrogen) atoms. The Morgan fingerprint density at radius 3 is 2.63 bits per heavy atom.